The Hall–Kier alpha value is -3.29. The summed E-state index contributed by atoms with van der Waals surface area (Å²) in [4.78, 5) is 27.1. The van der Waals surface area contributed by atoms with Crippen LogP contribution in [-0.2, 0) is 22.2 Å². The molecule has 8 heteroatoms. The first kappa shape index (κ1) is 23.5. The normalized spacial score (nSPS) is 24.6. The van der Waals surface area contributed by atoms with Crippen LogP contribution in [0, 0.1) is 0 Å². The minimum absolute atomic E-state index is 0.0133. The first-order chi connectivity index (χ1) is 16.7. The van der Waals surface area contributed by atoms with E-state index in [9.17, 15) is 27.9 Å². The number of aliphatic hydroxyl groups is 1. The van der Waals surface area contributed by atoms with Crippen molar-refractivity contribution in [3.8, 4) is 0 Å². The van der Waals surface area contributed by atoms with E-state index in [0.29, 0.717) is 24.3 Å². The van der Waals surface area contributed by atoms with E-state index in [2.05, 4.69) is 17.4 Å². The number of hydrogen-bond donors (Lipinski definition) is 2. The molecule has 2 amide bonds. The Morgan fingerprint density at radius 3 is 2.40 bits per heavy atom. The number of halogens is 3. The molecule has 0 spiro atoms. The first-order valence-corrected chi connectivity index (χ1v) is 12.0. The zero-order valence-electron chi connectivity index (χ0n) is 19.1. The second-order valence-corrected chi connectivity index (χ2v) is 9.66. The molecule has 184 valence electrons. The smallest absolute Gasteiger partial charge is 0.416 e. The van der Waals surface area contributed by atoms with Crippen molar-refractivity contribution in [2.75, 3.05) is 6.54 Å². The van der Waals surface area contributed by atoms with E-state index in [1.54, 1.807) is 0 Å². The fourth-order valence-corrected chi connectivity index (χ4v) is 5.66. The summed E-state index contributed by atoms with van der Waals surface area (Å²) in [6.45, 7) is -0.115. The van der Waals surface area contributed by atoms with Crippen molar-refractivity contribution in [2.24, 2.45) is 0 Å². The highest BCUT2D eigenvalue weighted by Gasteiger charge is 2.42. The fourth-order valence-electron chi connectivity index (χ4n) is 5.66. The van der Waals surface area contributed by atoms with Gasteiger partial charge in [0.15, 0.2) is 5.76 Å². The molecule has 2 N–H and O–H groups in total. The average molecular weight is 485 g/mol. The number of rotatable bonds is 4. The number of aryl methyl sites for hydroxylation is 1. The summed E-state index contributed by atoms with van der Waals surface area (Å²) in [5, 5.41) is 13.4. The number of aliphatic hydroxyl groups excluding tert-OH is 1. The Bertz CT molecular complexity index is 1170. The molecule has 35 heavy (non-hydrogen) atoms. The van der Waals surface area contributed by atoms with Gasteiger partial charge in [0, 0.05) is 6.04 Å². The Morgan fingerprint density at radius 2 is 1.71 bits per heavy atom. The van der Waals surface area contributed by atoms with Crippen LogP contribution in [0.25, 0.3) is 0 Å². The number of benzene rings is 2. The maximum atomic E-state index is 13.2. The van der Waals surface area contributed by atoms with E-state index in [1.807, 2.05) is 18.2 Å². The highest BCUT2D eigenvalue weighted by molar-refractivity contribution is 6.07. The Kier molecular flexibility index (Phi) is 6.07. The molecule has 2 aliphatic carbocycles. The molecule has 1 fully saturated rings. The molecule has 0 aromatic heterocycles. The summed E-state index contributed by atoms with van der Waals surface area (Å²) in [6, 6.07) is 13.2. The standard InChI is InChI=1S/C27H27F3N2O3/c28-27(29,30)19-10-6-18-9-13-23(21(18)14-19)32-15-22(24(33)26(32)35)25(34)31-20-11-7-17(8-12-20)16-4-2-1-3-5-16/h1-6,10,14,17,20,23,33H,7-9,11-13,15H2,(H,31,34)/t17-,20+,23-/m1/s1. The lowest BCUT2D eigenvalue weighted by molar-refractivity contribution is -0.137. The third-order valence-corrected chi connectivity index (χ3v) is 7.58. The number of carbonyl (C=O) groups is 2. The van der Waals surface area contributed by atoms with E-state index in [4.69, 9.17) is 0 Å². The number of alkyl halides is 3. The van der Waals surface area contributed by atoms with E-state index < -0.39 is 35.4 Å². The Morgan fingerprint density at radius 1 is 1.00 bits per heavy atom. The van der Waals surface area contributed by atoms with Gasteiger partial charge in [-0.05, 0) is 73.3 Å². The van der Waals surface area contributed by atoms with Gasteiger partial charge in [-0.25, -0.2) is 0 Å². The molecule has 2 aromatic rings. The minimum Gasteiger partial charge on any atom is -0.503 e. The highest BCUT2D eigenvalue weighted by atomic mass is 19.4. The second-order valence-electron chi connectivity index (χ2n) is 9.66. The SMILES string of the molecule is O=C(N[C@H]1CC[C@@H](c2ccccc2)CC1)C1=C(O)C(=O)N([C@@H]2CCc3ccc(C(F)(F)F)cc32)C1. The molecule has 5 nitrogen and oxygen atoms in total. The van der Waals surface area contributed by atoms with Gasteiger partial charge in [-0.2, -0.15) is 13.2 Å². The summed E-state index contributed by atoms with van der Waals surface area (Å²) in [7, 11) is 0. The van der Waals surface area contributed by atoms with Crippen molar-refractivity contribution >= 4 is 11.8 Å². The summed E-state index contributed by atoms with van der Waals surface area (Å²) < 4.78 is 39.7. The number of hydrogen-bond acceptors (Lipinski definition) is 3. The van der Waals surface area contributed by atoms with E-state index >= 15 is 0 Å². The lowest BCUT2D eigenvalue weighted by atomic mass is 9.82. The van der Waals surface area contributed by atoms with Gasteiger partial charge < -0.3 is 15.3 Å². The predicted molar refractivity (Wildman–Crippen MR) is 123 cm³/mol. The van der Waals surface area contributed by atoms with Gasteiger partial charge in [0.2, 0.25) is 0 Å². The lowest BCUT2D eigenvalue weighted by Gasteiger charge is -2.29. The summed E-state index contributed by atoms with van der Waals surface area (Å²) >= 11 is 0. The fraction of sp³-hybridized carbons (Fsp3) is 0.407. The predicted octanol–water partition coefficient (Wildman–Crippen LogP) is 5.19. The summed E-state index contributed by atoms with van der Waals surface area (Å²) in [5.74, 6) is -1.35. The lowest BCUT2D eigenvalue weighted by Crippen LogP contribution is -2.39. The molecule has 0 saturated heterocycles. The van der Waals surface area contributed by atoms with Gasteiger partial charge in [0.25, 0.3) is 11.8 Å². The number of nitrogens with zero attached hydrogens (tertiary/aromatic N) is 1. The second kappa shape index (κ2) is 9.06. The molecule has 0 bridgehead atoms. The van der Waals surface area contributed by atoms with Crippen LogP contribution in [0.1, 0.15) is 66.3 Å². The first-order valence-electron chi connectivity index (χ1n) is 12.0. The van der Waals surface area contributed by atoms with Crippen LogP contribution >= 0.6 is 0 Å². The molecule has 2 aromatic carbocycles. The number of fused-ring (bicyclic) bond motifs is 1. The molecule has 1 atom stereocenters. The van der Waals surface area contributed by atoms with Crippen LogP contribution in [0.4, 0.5) is 13.2 Å². The van der Waals surface area contributed by atoms with Gasteiger partial charge in [-0.1, -0.05) is 36.4 Å². The number of amides is 2. The number of nitrogens with one attached hydrogen (secondary N) is 1. The van der Waals surface area contributed by atoms with Crippen LogP contribution in [0.5, 0.6) is 0 Å². The van der Waals surface area contributed by atoms with Crippen LogP contribution in [-0.4, -0.2) is 34.4 Å². The highest BCUT2D eigenvalue weighted by Crippen LogP contribution is 2.42. The topological polar surface area (TPSA) is 69.6 Å². The van der Waals surface area contributed by atoms with Crippen molar-refractivity contribution in [2.45, 2.75) is 62.7 Å². The maximum Gasteiger partial charge on any atom is 0.416 e. The van der Waals surface area contributed by atoms with Gasteiger partial charge >= 0.3 is 6.18 Å². The zero-order valence-corrected chi connectivity index (χ0v) is 19.1. The Labute approximate surface area is 201 Å². The van der Waals surface area contributed by atoms with E-state index in [-0.39, 0.29) is 18.2 Å². The van der Waals surface area contributed by atoms with Crippen molar-refractivity contribution in [3.63, 3.8) is 0 Å². The maximum absolute atomic E-state index is 13.2. The molecule has 1 heterocycles. The third kappa shape index (κ3) is 4.54. The number of carbonyl (C=O) groups excluding carboxylic acids is 2. The molecule has 1 aliphatic heterocycles. The van der Waals surface area contributed by atoms with Crippen molar-refractivity contribution in [3.05, 3.63) is 82.1 Å². The summed E-state index contributed by atoms with van der Waals surface area (Å²) in [5.41, 5.74) is 1.70. The molecule has 0 radical (unpaired) electrons. The zero-order chi connectivity index (χ0) is 24.7. The quantitative estimate of drug-likeness (QED) is 0.628. The van der Waals surface area contributed by atoms with Gasteiger partial charge in [-0.3, -0.25) is 9.59 Å². The molecule has 1 saturated carbocycles. The van der Waals surface area contributed by atoms with E-state index in [1.165, 1.54) is 16.5 Å². The van der Waals surface area contributed by atoms with Gasteiger partial charge in [-0.15, -0.1) is 0 Å². The molecular weight excluding hydrogens is 457 g/mol. The van der Waals surface area contributed by atoms with E-state index in [0.717, 1.165) is 43.4 Å². The molecule has 3 aliphatic rings. The average Bonchev–Trinajstić information content (AvgIpc) is 3.40. The van der Waals surface area contributed by atoms with Crippen LogP contribution in [0.3, 0.4) is 0 Å². The van der Waals surface area contributed by atoms with Crippen molar-refractivity contribution in [1.82, 2.24) is 10.2 Å². The largest absolute Gasteiger partial charge is 0.503 e. The molecule has 0 unspecified atom stereocenters. The minimum atomic E-state index is -4.48. The molecule has 5 rings (SSSR count). The van der Waals surface area contributed by atoms with Crippen LogP contribution in [0.2, 0.25) is 0 Å². The monoisotopic (exact) mass is 484 g/mol. The van der Waals surface area contributed by atoms with Crippen molar-refractivity contribution in [1.29, 1.82) is 0 Å². The van der Waals surface area contributed by atoms with Crippen LogP contribution < -0.4 is 5.32 Å². The van der Waals surface area contributed by atoms with Crippen LogP contribution in [0.15, 0.2) is 59.9 Å². The Balaban J connectivity index is 1.24. The van der Waals surface area contributed by atoms with Crippen molar-refractivity contribution < 1.29 is 27.9 Å². The third-order valence-electron chi connectivity index (χ3n) is 7.58. The van der Waals surface area contributed by atoms with Gasteiger partial charge in [0.05, 0.1) is 23.7 Å². The van der Waals surface area contributed by atoms with Gasteiger partial charge in [0.1, 0.15) is 0 Å². The molecular formula is C27H27F3N2O3. The summed E-state index contributed by atoms with van der Waals surface area (Å²) in [6.07, 6.45) is -0.0254.